The normalized spacial score (nSPS) is 18.4. The van der Waals surface area contributed by atoms with Gasteiger partial charge in [0.1, 0.15) is 5.75 Å². The number of benzene rings is 1. The standard InChI is InChI=1S/C24H34F3N5O2/c1-2-3-4-21-19-23(28-32(21)20-5-7-22(8-6-20)34-24(25,26)27)31-13-11-29(12-14-31)9-10-30-15-17-33-18-16-30/h5-8,19H,2-4,9-18H2,1H3. The molecule has 10 heteroatoms. The maximum atomic E-state index is 12.5. The van der Waals surface area contributed by atoms with Gasteiger partial charge in [-0.05, 0) is 37.1 Å². The average molecular weight is 482 g/mol. The first kappa shape index (κ1) is 24.8. The van der Waals surface area contributed by atoms with Gasteiger partial charge in [-0.25, -0.2) is 4.68 Å². The molecular formula is C24H34F3N5O2. The molecule has 1 aromatic heterocycles. The molecule has 0 bridgehead atoms. The number of aryl methyl sites for hydroxylation is 1. The van der Waals surface area contributed by atoms with Crippen molar-refractivity contribution >= 4 is 5.82 Å². The van der Waals surface area contributed by atoms with Crippen LogP contribution in [0.15, 0.2) is 30.3 Å². The molecule has 0 amide bonds. The van der Waals surface area contributed by atoms with Crippen LogP contribution in [0.25, 0.3) is 5.69 Å². The van der Waals surface area contributed by atoms with Gasteiger partial charge in [-0.2, -0.15) is 5.10 Å². The van der Waals surface area contributed by atoms with Crippen LogP contribution in [0.3, 0.4) is 0 Å². The quantitative estimate of drug-likeness (QED) is 0.546. The van der Waals surface area contributed by atoms with E-state index in [1.807, 2.05) is 4.68 Å². The molecule has 34 heavy (non-hydrogen) atoms. The number of anilines is 1. The summed E-state index contributed by atoms with van der Waals surface area (Å²) in [6.07, 6.45) is -1.75. The Hall–Kier alpha value is -2.30. The Bertz CT molecular complexity index is 889. The molecule has 2 aliphatic heterocycles. The van der Waals surface area contributed by atoms with Crippen LogP contribution in [-0.4, -0.2) is 91.5 Å². The molecule has 0 unspecified atom stereocenters. The zero-order valence-corrected chi connectivity index (χ0v) is 19.8. The van der Waals surface area contributed by atoms with E-state index in [1.165, 1.54) is 12.1 Å². The minimum absolute atomic E-state index is 0.230. The molecular weight excluding hydrogens is 447 g/mol. The molecule has 0 N–H and O–H groups in total. The second-order valence-electron chi connectivity index (χ2n) is 8.83. The third-order valence-electron chi connectivity index (χ3n) is 6.40. The van der Waals surface area contributed by atoms with Gasteiger partial charge in [-0.3, -0.25) is 9.80 Å². The average Bonchev–Trinajstić information content (AvgIpc) is 3.26. The van der Waals surface area contributed by atoms with Crippen molar-refractivity contribution in [3.05, 3.63) is 36.0 Å². The summed E-state index contributed by atoms with van der Waals surface area (Å²) in [5, 5.41) is 4.84. The topological polar surface area (TPSA) is 46.0 Å². The van der Waals surface area contributed by atoms with E-state index in [2.05, 4.69) is 32.4 Å². The van der Waals surface area contributed by atoms with Crippen LogP contribution in [0, 0.1) is 0 Å². The largest absolute Gasteiger partial charge is 0.573 e. The van der Waals surface area contributed by atoms with Crippen molar-refractivity contribution in [2.75, 3.05) is 70.5 Å². The fraction of sp³-hybridized carbons (Fsp3) is 0.625. The number of aromatic nitrogens is 2. The number of hydrogen-bond donors (Lipinski definition) is 0. The highest BCUT2D eigenvalue weighted by molar-refractivity contribution is 5.46. The zero-order chi connectivity index (χ0) is 24.0. The first-order chi connectivity index (χ1) is 16.4. The highest BCUT2D eigenvalue weighted by Gasteiger charge is 2.31. The Morgan fingerprint density at radius 1 is 0.941 bits per heavy atom. The van der Waals surface area contributed by atoms with Crippen LogP contribution in [0.2, 0.25) is 0 Å². The number of halogens is 3. The predicted molar refractivity (Wildman–Crippen MR) is 125 cm³/mol. The van der Waals surface area contributed by atoms with E-state index in [9.17, 15) is 13.2 Å². The fourth-order valence-corrected chi connectivity index (χ4v) is 4.42. The maximum Gasteiger partial charge on any atom is 0.573 e. The van der Waals surface area contributed by atoms with Crippen LogP contribution in [0.1, 0.15) is 25.5 Å². The van der Waals surface area contributed by atoms with Crippen molar-refractivity contribution < 1.29 is 22.6 Å². The van der Waals surface area contributed by atoms with E-state index in [1.54, 1.807) is 12.1 Å². The van der Waals surface area contributed by atoms with E-state index in [0.29, 0.717) is 0 Å². The van der Waals surface area contributed by atoms with Gasteiger partial charge in [0.25, 0.3) is 0 Å². The first-order valence-corrected chi connectivity index (χ1v) is 12.1. The Kier molecular flexibility index (Phi) is 8.33. The monoisotopic (exact) mass is 481 g/mol. The summed E-state index contributed by atoms with van der Waals surface area (Å²) in [5.74, 6) is 0.696. The fourth-order valence-electron chi connectivity index (χ4n) is 4.42. The van der Waals surface area contributed by atoms with E-state index < -0.39 is 6.36 Å². The lowest BCUT2D eigenvalue weighted by Crippen LogP contribution is -2.49. The van der Waals surface area contributed by atoms with Crippen molar-refractivity contribution in [1.29, 1.82) is 0 Å². The van der Waals surface area contributed by atoms with Gasteiger partial charge in [-0.1, -0.05) is 13.3 Å². The van der Waals surface area contributed by atoms with E-state index in [-0.39, 0.29) is 5.75 Å². The summed E-state index contributed by atoms with van der Waals surface area (Å²) in [6.45, 7) is 11.8. The lowest BCUT2D eigenvalue weighted by atomic mass is 10.2. The number of nitrogens with zero attached hydrogens (tertiary/aromatic N) is 5. The molecule has 0 radical (unpaired) electrons. The molecule has 2 aromatic rings. The summed E-state index contributed by atoms with van der Waals surface area (Å²) in [6, 6.07) is 8.04. The molecule has 0 atom stereocenters. The first-order valence-electron chi connectivity index (χ1n) is 12.1. The number of ether oxygens (including phenoxy) is 2. The number of piperazine rings is 1. The smallest absolute Gasteiger partial charge is 0.406 e. The van der Waals surface area contributed by atoms with Crippen molar-refractivity contribution in [3.63, 3.8) is 0 Å². The lowest BCUT2D eigenvalue weighted by molar-refractivity contribution is -0.274. The predicted octanol–water partition coefficient (Wildman–Crippen LogP) is 3.57. The second-order valence-corrected chi connectivity index (χ2v) is 8.83. The maximum absolute atomic E-state index is 12.5. The Morgan fingerprint density at radius 3 is 2.21 bits per heavy atom. The van der Waals surface area contributed by atoms with Crippen molar-refractivity contribution in [2.45, 2.75) is 32.5 Å². The van der Waals surface area contributed by atoms with Gasteiger partial charge < -0.3 is 14.4 Å². The zero-order valence-electron chi connectivity index (χ0n) is 19.8. The summed E-state index contributed by atoms with van der Waals surface area (Å²) < 4.78 is 48.8. The molecule has 0 aliphatic carbocycles. The van der Waals surface area contributed by atoms with E-state index >= 15 is 0 Å². The molecule has 2 fully saturated rings. The summed E-state index contributed by atoms with van der Waals surface area (Å²) in [7, 11) is 0. The molecule has 0 saturated carbocycles. The summed E-state index contributed by atoms with van der Waals surface area (Å²) >= 11 is 0. The van der Waals surface area contributed by atoms with Crippen LogP contribution in [0.5, 0.6) is 5.75 Å². The minimum atomic E-state index is -4.70. The molecule has 2 saturated heterocycles. The highest BCUT2D eigenvalue weighted by atomic mass is 19.4. The van der Waals surface area contributed by atoms with Crippen LogP contribution in [0.4, 0.5) is 19.0 Å². The number of alkyl halides is 3. The van der Waals surface area contributed by atoms with Crippen molar-refractivity contribution in [3.8, 4) is 11.4 Å². The molecule has 3 heterocycles. The van der Waals surface area contributed by atoms with Gasteiger partial charge in [0, 0.05) is 64.1 Å². The number of unbranched alkanes of at least 4 members (excludes halogenated alkanes) is 1. The van der Waals surface area contributed by atoms with Crippen LogP contribution >= 0.6 is 0 Å². The SMILES string of the molecule is CCCCc1cc(N2CCN(CCN3CCOCC3)CC2)nn1-c1ccc(OC(F)(F)F)cc1. The lowest BCUT2D eigenvalue weighted by Gasteiger charge is -2.36. The van der Waals surface area contributed by atoms with Crippen molar-refractivity contribution in [2.24, 2.45) is 0 Å². The minimum Gasteiger partial charge on any atom is -0.406 e. The number of rotatable bonds is 9. The van der Waals surface area contributed by atoms with Crippen LogP contribution in [-0.2, 0) is 11.2 Å². The molecule has 188 valence electrons. The van der Waals surface area contributed by atoms with Gasteiger partial charge in [-0.15, -0.1) is 13.2 Å². The highest BCUT2D eigenvalue weighted by Crippen LogP contribution is 2.26. The van der Waals surface area contributed by atoms with Gasteiger partial charge in [0.15, 0.2) is 5.82 Å². The Labute approximate surface area is 199 Å². The second kappa shape index (κ2) is 11.4. The number of morpholine rings is 1. The third-order valence-corrected chi connectivity index (χ3v) is 6.40. The Balaban J connectivity index is 1.39. The molecule has 4 rings (SSSR count). The van der Waals surface area contributed by atoms with Crippen LogP contribution < -0.4 is 9.64 Å². The summed E-state index contributed by atoms with van der Waals surface area (Å²) in [4.78, 5) is 7.27. The van der Waals surface area contributed by atoms with E-state index in [4.69, 9.17) is 9.84 Å². The third kappa shape index (κ3) is 6.86. The molecule has 7 nitrogen and oxygen atoms in total. The summed E-state index contributed by atoms with van der Waals surface area (Å²) in [5.41, 5.74) is 1.80. The van der Waals surface area contributed by atoms with Gasteiger partial charge in [0.05, 0.1) is 18.9 Å². The molecule has 0 spiro atoms. The van der Waals surface area contributed by atoms with Gasteiger partial charge >= 0.3 is 6.36 Å². The number of hydrogen-bond acceptors (Lipinski definition) is 6. The van der Waals surface area contributed by atoms with Gasteiger partial charge in [0.2, 0.25) is 0 Å². The molecule has 1 aromatic carbocycles. The van der Waals surface area contributed by atoms with E-state index in [0.717, 1.165) is 102 Å². The van der Waals surface area contributed by atoms with Crippen molar-refractivity contribution in [1.82, 2.24) is 19.6 Å². The molecule has 2 aliphatic rings. The Morgan fingerprint density at radius 2 is 1.59 bits per heavy atom.